The second-order valence-corrected chi connectivity index (χ2v) is 11.6. The van der Waals surface area contributed by atoms with E-state index in [-0.39, 0.29) is 5.91 Å². The maximum Gasteiger partial charge on any atom is 0.306 e. The molecule has 1 saturated heterocycles. The molecule has 0 bridgehead atoms. The first-order chi connectivity index (χ1) is 17.9. The number of likely N-dealkylation sites (tertiary alicyclic amines) is 1. The smallest absolute Gasteiger partial charge is 0.306 e. The van der Waals surface area contributed by atoms with Gasteiger partial charge in [-0.2, -0.15) is 8.42 Å². The van der Waals surface area contributed by atoms with Gasteiger partial charge in [0.25, 0.3) is 5.91 Å². The zero-order valence-electron chi connectivity index (χ0n) is 21.2. The Morgan fingerprint density at radius 1 is 0.946 bits per heavy atom. The van der Waals surface area contributed by atoms with Crippen molar-refractivity contribution in [3.05, 3.63) is 89.5 Å². The first-order valence-electron chi connectivity index (χ1n) is 13.1. The molecule has 2 unspecified atom stereocenters. The van der Waals surface area contributed by atoms with Gasteiger partial charge < -0.3 is 9.50 Å². The fourth-order valence-corrected chi connectivity index (χ4v) is 6.34. The lowest BCUT2D eigenvalue weighted by molar-refractivity contribution is 0.0952. The second-order valence-electron chi connectivity index (χ2n) is 10.1. The van der Waals surface area contributed by atoms with Gasteiger partial charge >= 0.3 is 10.1 Å². The summed E-state index contributed by atoms with van der Waals surface area (Å²) in [5.74, 6) is 0.879. The van der Waals surface area contributed by atoms with E-state index in [1.165, 1.54) is 5.56 Å². The molecule has 3 aromatic rings. The molecular weight excluding hydrogens is 484 g/mol. The van der Waals surface area contributed by atoms with Crippen LogP contribution >= 0.6 is 0 Å². The minimum atomic E-state index is -3.54. The molecule has 5 rings (SSSR count). The van der Waals surface area contributed by atoms with Crippen LogP contribution in [0.2, 0.25) is 0 Å². The van der Waals surface area contributed by atoms with Gasteiger partial charge in [0.1, 0.15) is 5.75 Å². The van der Waals surface area contributed by atoms with E-state index in [9.17, 15) is 13.2 Å². The first kappa shape index (κ1) is 25.5. The van der Waals surface area contributed by atoms with Crippen LogP contribution in [0.25, 0.3) is 11.1 Å². The van der Waals surface area contributed by atoms with Crippen molar-refractivity contribution in [2.45, 2.75) is 44.1 Å². The molecule has 2 atom stereocenters. The lowest BCUT2D eigenvalue weighted by Crippen LogP contribution is -2.36. The molecule has 0 spiro atoms. The highest BCUT2D eigenvalue weighted by molar-refractivity contribution is 7.86. The fraction of sp³-hybridized carbons (Fsp3) is 0.367. The molecule has 194 valence electrons. The lowest BCUT2D eigenvalue weighted by atomic mass is 9.79. The number of amides is 1. The third kappa shape index (κ3) is 6.05. The average molecular weight is 519 g/mol. The molecule has 0 saturated carbocycles. The van der Waals surface area contributed by atoms with Gasteiger partial charge in [0, 0.05) is 24.1 Å². The number of carbonyl (C=O) groups is 1. The highest BCUT2D eigenvalue weighted by Crippen LogP contribution is 2.44. The Hall–Kier alpha value is -3.16. The Kier molecular flexibility index (Phi) is 7.63. The number of hydrogen-bond donors (Lipinski definition) is 1. The number of nitrogens with one attached hydrogen (secondary N) is 1. The maximum atomic E-state index is 12.6. The van der Waals surface area contributed by atoms with E-state index in [0.717, 1.165) is 68.1 Å². The van der Waals surface area contributed by atoms with E-state index in [4.69, 9.17) is 4.18 Å². The standard InChI is InChI=1S/C30H34N2O4S/c1-37(34,35)36-29-11-7-10-25-26-18-21-32(28(26)17-16-27(25)29)20-6-5-19-31-30(33)24-14-12-23(13-15-24)22-8-3-2-4-9-22/h2-4,7-15,26,28H,5-6,16-21H2,1H3,(H,31,33). The van der Waals surface area contributed by atoms with Crippen LogP contribution in [0.1, 0.15) is 53.1 Å². The van der Waals surface area contributed by atoms with Crippen LogP contribution < -0.4 is 9.50 Å². The van der Waals surface area contributed by atoms with E-state index in [1.807, 2.05) is 48.5 Å². The summed E-state index contributed by atoms with van der Waals surface area (Å²) in [6, 6.07) is 24.2. The fourth-order valence-electron chi connectivity index (χ4n) is 5.86. The predicted octanol–water partition coefficient (Wildman–Crippen LogP) is 5.01. The summed E-state index contributed by atoms with van der Waals surface area (Å²) in [7, 11) is -3.54. The number of carbonyl (C=O) groups excluding carboxylic acids is 1. The number of unbranched alkanes of at least 4 members (excludes halogenated alkanes) is 1. The molecule has 7 heteroatoms. The van der Waals surface area contributed by atoms with Gasteiger partial charge in [0.05, 0.1) is 6.26 Å². The van der Waals surface area contributed by atoms with Gasteiger partial charge in [-0.3, -0.25) is 9.69 Å². The molecule has 2 aliphatic rings. The molecule has 1 fully saturated rings. The summed E-state index contributed by atoms with van der Waals surface area (Å²) in [6.07, 6.45) is 5.98. The zero-order chi connectivity index (χ0) is 25.8. The Bertz CT molecular complexity index is 1340. The minimum Gasteiger partial charge on any atom is -0.382 e. The summed E-state index contributed by atoms with van der Waals surface area (Å²) < 4.78 is 28.6. The van der Waals surface area contributed by atoms with Gasteiger partial charge in [-0.1, -0.05) is 54.6 Å². The Morgan fingerprint density at radius 3 is 2.46 bits per heavy atom. The number of hydrogen-bond acceptors (Lipinski definition) is 5. The van der Waals surface area contributed by atoms with Crippen molar-refractivity contribution < 1.29 is 17.4 Å². The molecule has 6 nitrogen and oxygen atoms in total. The molecule has 1 aliphatic heterocycles. The van der Waals surface area contributed by atoms with Crippen molar-refractivity contribution in [1.29, 1.82) is 0 Å². The number of fused-ring (bicyclic) bond motifs is 3. The molecule has 1 aliphatic carbocycles. The van der Waals surface area contributed by atoms with Crippen molar-refractivity contribution in [3.63, 3.8) is 0 Å². The third-order valence-corrected chi connectivity index (χ3v) is 8.05. The number of benzene rings is 3. The average Bonchev–Trinajstić information content (AvgIpc) is 3.32. The van der Waals surface area contributed by atoms with Crippen LogP contribution in [0, 0.1) is 0 Å². The van der Waals surface area contributed by atoms with E-state index in [1.54, 1.807) is 6.07 Å². The molecule has 3 aromatic carbocycles. The van der Waals surface area contributed by atoms with Gasteiger partial charge in [0.15, 0.2) is 0 Å². The van der Waals surface area contributed by atoms with Crippen molar-refractivity contribution >= 4 is 16.0 Å². The molecular formula is C30H34N2O4S. The van der Waals surface area contributed by atoms with Crippen LogP contribution in [-0.2, 0) is 16.5 Å². The number of nitrogens with zero attached hydrogens (tertiary/aromatic N) is 1. The molecule has 1 N–H and O–H groups in total. The largest absolute Gasteiger partial charge is 0.382 e. The van der Waals surface area contributed by atoms with Gasteiger partial charge in [0.2, 0.25) is 0 Å². The maximum absolute atomic E-state index is 12.6. The van der Waals surface area contributed by atoms with Crippen molar-refractivity contribution in [3.8, 4) is 16.9 Å². The van der Waals surface area contributed by atoms with Crippen molar-refractivity contribution in [2.24, 2.45) is 0 Å². The summed E-state index contributed by atoms with van der Waals surface area (Å²) in [6.45, 7) is 2.72. The summed E-state index contributed by atoms with van der Waals surface area (Å²) >= 11 is 0. The van der Waals surface area contributed by atoms with Gasteiger partial charge in [-0.05, 0) is 85.6 Å². The van der Waals surface area contributed by atoms with Gasteiger partial charge in [-0.25, -0.2) is 0 Å². The van der Waals surface area contributed by atoms with Crippen LogP contribution in [0.5, 0.6) is 5.75 Å². The Labute approximate surface area is 219 Å². The van der Waals surface area contributed by atoms with Crippen LogP contribution in [0.15, 0.2) is 72.8 Å². The molecule has 0 aromatic heterocycles. The highest BCUT2D eigenvalue weighted by Gasteiger charge is 2.39. The van der Waals surface area contributed by atoms with Crippen LogP contribution in [0.4, 0.5) is 0 Å². The second kappa shape index (κ2) is 11.1. The molecule has 0 radical (unpaired) electrons. The highest BCUT2D eigenvalue weighted by atomic mass is 32.2. The summed E-state index contributed by atoms with van der Waals surface area (Å²) in [5.41, 5.74) is 5.22. The quantitative estimate of drug-likeness (QED) is 0.319. The lowest BCUT2D eigenvalue weighted by Gasteiger charge is -2.34. The topological polar surface area (TPSA) is 75.7 Å². The van der Waals surface area contributed by atoms with Crippen LogP contribution in [0.3, 0.4) is 0 Å². The Balaban J connectivity index is 1.08. The number of rotatable bonds is 9. The SMILES string of the molecule is CS(=O)(=O)Oc1cccc2c1CCC1C2CCN1CCCCNC(=O)c1ccc(-c2ccccc2)cc1. The summed E-state index contributed by atoms with van der Waals surface area (Å²) in [5, 5.41) is 3.06. The molecule has 1 heterocycles. The Morgan fingerprint density at radius 2 is 1.70 bits per heavy atom. The van der Waals surface area contributed by atoms with Crippen molar-refractivity contribution in [1.82, 2.24) is 10.2 Å². The van der Waals surface area contributed by atoms with E-state index < -0.39 is 10.1 Å². The normalized spacial score (nSPS) is 19.2. The van der Waals surface area contributed by atoms with E-state index >= 15 is 0 Å². The van der Waals surface area contributed by atoms with Crippen LogP contribution in [-0.4, -0.2) is 51.2 Å². The van der Waals surface area contributed by atoms with E-state index in [0.29, 0.717) is 29.8 Å². The minimum absolute atomic E-state index is 0.0307. The predicted molar refractivity (Wildman–Crippen MR) is 146 cm³/mol. The first-order valence-corrected chi connectivity index (χ1v) is 14.9. The zero-order valence-corrected chi connectivity index (χ0v) is 22.0. The van der Waals surface area contributed by atoms with E-state index in [2.05, 4.69) is 28.4 Å². The third-order valence-electron chi connectivity index (χ3n) is 7.57. The molecule has 37 heavy (non-hydrogen) atoms. The van der Waals surface area contributed by atoms with Gasteiger partial charge in [-0.15, -0.1) is 0 Å². The van der Waals surface area contributed by atoms with Crippen molar-refractivity contribution in [2.75, 3.05) is 25.9 Å². The monoisotopic (exact) mass is 518 g/mol. The molecule has 1 amide bonds. The summed E-state index contributed by atoms with van der Waals surface area (Å²) in [4.78, 5) is 15.1.